The van der Waals surface area contributed by atoms with Crippen molar-refractivity contribution < 1.29 is 22.3 Å². The van der Waals surface area contributed by atoms with E-state index in [9.17, 15) is 17.6 Å². The van der Waals surface area contributed by atoms with Crippen LogP contribution in [0.3, 0.4) is 0 Å². The molecular weight excluding hydrogens is 333 g/mol. The van der Waals surface area contributed by atoms with E-state index in [2.05, 4.69) is 5.32 Å². The third kappa shape index (κ3) is 4.11. The predicted octanol–water partition coefficient (Wildman–Crippen LogP) is 2.48. The molecule has 0 aliphatic rings. The average Bonchev–Trinajstić information content (AvgIpc) is 2.53. The van der Waals surface area contributed by atoms with Crippen molar-refractivity contribution in [3.8, 4) is 5.75 Å². The number of benzene rings is 2. The zero-order valence-corrected chi connectivity index (χ0v) is 14.4. The summed E-state index contributed by atoms with van der Waals surface area (Å²) >= 11 is 0. The van der Waals surface area contributed by atoms with Crippen LogP contribution in [0.15, 0.2) is 41.3 Å². The highest BCUT2D eigenvalue weighted by Gasteiger charge is 2.16. The fraction of sp³-hybridized carbons (Fsp3) is 0.235. The zero-order chi connectivity index (χ0) is 17.9. The van der Waals surface area contributed by atoms with Crippen LogP contribution in [-0.2, 0) is 16.4 Å². The molecule has 1 amide bonds. The Morgan fingerprint density at radius 3 is 2.54 bits per heavy atom. The van der Waals surface area contributed by atoms with Gasteiger partial charge in [-0.05, 0) is 42.3 Å². The molecule has 128 valence electrons. The molecule has 0 spiro atoms. The van der Waals surface area contributed by atoms with Gasteiger partial charge in [0.1, 0.15) is 11.6 Å². The molecule has 2 aromatic rings. The second-order valence-electron chi connectivity index (χ2n) is 5.40. The van der Waals surface area contributed by atoms with Crippen molar-refractivity contribution in [3.05, 3.63) is 58.9 Å². The van der Waals surface area contributed by atoms with E-state index in [-0.39, 0.29) is 17.0 Å². The number of carbonyl (C=O) groups excluding carboxylic acids is 1. The molecule has 0 fully saturated rings. The molecule has 7 heteroatoms. The van der Waals surface area contributed by atoms with Crippen LogP contribution in [0.5, 0.6) is 5.75 Å². The second-order valence-corrected chi connectivity index (χ2v) is 7.42. The monoisotopic (exact) mass is 351 g/mol. The Morgan fingerprint density at radius 1 is 1.21 bits per heavy atom. The van der Waals surface area contributed by atoms with Gasteiger partial charge >= 0.3 is 0 Å². The average molecular weight is 351 g/mol. The molecule has 24 heavy (non-hydrogen) atoms. The van der Waals surface area contributed by atoms with Crippen molar-refractivity contribution in [2.24, 2.45) is 0 Å². The standard InChI is InChI=1S/C17H18FNO4S/c1-11-4-5-12(8-16(11)23-2)10-19-17(20)14-9-13(24(3,21)22)6-7-15(14)18/h4-9H,10H2,1-3H3,(H,19,20). The van der Waals surface area contributed by atoms with E-state index >= 15 is 0 Å². The Bertz CT molecular complexity index is 878. The van der Waals surface area contributed by atoms with Crippen LogP contribution in [0.2, 0.25) is 0 Å². The van der Waals surface area contributed by atoms with Gasteiger partial charge in [-0.1, -0.05) is 12.1 Å². The Kier molecular flexibility index (Phi) is 5.23. The van der Waals surface area contributed by atoms with Crippen molar-refractivity contribution in [2.75, 3.05) is 13.4 Å². The summed E-state index contributed by atoms with van der Waals surface area (Å²) in [5.74, 6) is -0.772. The highest BCUT2D eigenvalue weighted by molar-refractivity contribution is 7.90. The van der Waals surface area contributed by atoms with E-state index in [0.717, 1.165) is 35.6 Å². The SMILES string of the molecule is COc1cc(CNC(=O)c2cc(S(C)(=O)=O)ccc2F)ccc1C. The van der Waals surface area contributed by atoms with Crippen LogP contribution in [-0.4, -0.2) is 27.7 Å². The summed E-state index contributed by atoms with van der Waals surface area (Å²) in [7, 11) is -1.97. The van der Waals surface area contributed by atoms with Crippen molar-refractivity contribution in [1.29, 1.82) is 0 Å². The van der Waals surface area contributed by atoms with E-state index in [1.807, 2.05) is 19.1 Å². The lowest BCUT2D eigenvalue weighted by Crippen LogP contribution is -2.24. The first-order valence-electron chi connectivity index (χ1n) is 7.13. The molecule has 0 saturated carbocycles. The van der Waals surface area contributed by atoms with Gasteiger partial charge in [0.15, 0.2) is 9.84 Å². The van der Waals surface area contributed by atoms with Gasteiger partial charge < -0.3 is 10.1 Å². The number of hydrogen-bond donors (Lipinski definition) is 1. The summed E-state index contributed by atoms with van der Waals surface area (Å²) in [6, 6.07) is 8.59. The Hall–Kier alpha value is -2.41. The highest BCUT2D eigenvalue weighted by Crippen LogP contribution is 2.19. The van der Waals surface area contributed by atoms with Crippen molar-refractivity contribution in [2.45, 2.75) is 18.4 Å². The molecular formula is C17H18FNO4S. The number of sulfone groups is 1. The molecule has 2 rings (SSSR count). The number of rotatable bonds is 5. The summed E-state index contributed by atoms with van der Waals surface area (Å²) in [5.41, 5.74) is 1.43. The fourth-order valence-corrected chi connectivity index (χ4v) is 2.81. The summed E-state index contributed by atoms with van der Waals surface area (Å²) in [4.78, 5) is 12.1. The molecule has 0 heterocycles. The van der Waals surface area contributed by atoms with E-state index in [1.54, 1.807) is 13.2 Å². The first kappa shape index (κ1) is 17.9. The fourth-order valence-electron chi connectivity index (χ4n) is 2.16. The number of methoxy groups -OCH3 is 1. The number of aryl methyl sites for hydroxylation is 1. The lowest BCUT2D eigenvalue weighted by atomic mass is 10.1. The number of nitrogens with one attached hydrogen (secondary N) is 1. The number of hydrogen-bond acceptors (Lipinski definition) is 4. The molecule has 0 atom stereocenters. The molecule has 5 nitrogen and oxygen atoms in total. The third-order valence-electron chi connectivity index (χ3n) is 3.54. The van der Waals surface area contributed by atoms with Gasteiger partial charge in [0.25, 0.3) is 5.91 Å². The van der Waals surface area contributed by atoms with Crippen LogP contribution in [0.25, 0.3) is 0 Å². The van der Waals surface area contributed by atoms with Crippen LogP contribution in [0.4, 0.5) is 4.39 Å². The zero-order valence-electron chi connectivity index (χ0n) is 13.6. The predicted molar refractivity (Wildman–Crippen MR) is 88.4 cm³/mol. The van der Waals surface area contributed by atoms with Gasteiger partial charge in [-0.3, -0.25) is 4.79 Å². The Balaban J connectivity index is 2.18. The maximum absolute atomic E-state index is 13.8. The lowest BCUT2D eigenvalue weighted by molar-refractivity contribution is 0.0946. The van der Waals surface area contributed by atoms with Crippen LogP contribution in [0.1, 0.15) is 21.5 Å². The van der Waals surface area contributed by atoms with Gasteiger partial charge in [0, 0.05) is 12.8 Å². The van der Waals surface area contributed by atoms with E-state index in [1.165, 1.54) is 0 Å². The summed E-state index contributed by atoms with van der Waals surface area (Å²) < 4.78 is 42.1. The van der Waals surface area contributed by atoms with E-state index in [0.29, 0.717) is 5.75 Å². The molecule has 0 aromatic heterocycles. The lowest BCUT2D eigenvalue weighted by Gasteiger charge is -2.10. The molecule has 2 aromatic carbocycles. The molecule has 0 bridgehead atoms. The van der Waals surface area contributed by atoms with Crippen molar-refractivity contribution >= 4 is 15.7 Å². The van der Waals surface area contributed by atoms with Gasteiger partial charge in [0.05, 0.1) is 17.6 Å². The molecule has 0 unspecified atom stereocenters. The van der Waals surface area contributed by atoms with Crippen LogP contribution >= 0.6 is 0 Å². The Morgan fingerprint density at radius 2 is 1.92 bits per heavy atom. The van der Waals surface area contributed by atoms with Crippen molar-refractivity contribution in [1.82, 2.24) is 5.32 Å². The second kappa shape index (κ2) is 7.00. The molecule has 0 saturated heterocycles. The van der Waals surface area contributed by atoms with Crippen molar-refractivity contribution in [3.63, 3.8) is 0 Å². The summed E-state index contributed by atoms with van der Waals surface area (Å²) in [5, 5.41) is 2.58. The summed E-state index contributed by atoms with van der Waals surface area (Å²) in [6.45, 7) is 2.06. The molecule has 1 N–H and O–H groups in total. The van der Waals surface area contributed by atoms with Crippen LogP contribution in [0, 0.1) is 12.7 Å². The molecule has 0 aliphatic heterocycles. The van der Waals surface area contributed by atoms with E-state index in [4.69, 9.17) is 4.74 Å². The maximum atomic E-state index is 13.8. The third-order valence-corrected chi connectivity index (χ3v) is 4.65. The van der Waals surface area contributed by atoms with Gasteiger partial charge in [-0.25, -0.2) is 12.8 Å². The minimum absolute atomic E-state index is 0.106. The number of ether oxygens (including phenoxy) is 1. The summed E-state index contributed by atoms with van der Waals surface area (Å²) in [6.07, 6.45) is 1.00. The number of halogens is 1. The number of carbonyl (C=O) groups is 1. The van der Waals surface area contributed by atoms with Gasteiger partial charge in [0.2, 0.25) is 0 Å². The normalized spacial score (nSPS) is 11.2. The quantitative estimate of drug-likeness (QED) is 0.840. The van der Waals surface area contributed by atoms with Gasteiger partial charge in [-0.2, -0.15) is 0 Å². The minimum Gasteiger partial charge on any atom is -0.496 e. The highest BCUT2D eigenvalue weighted by atomic mass is 32.2. The Labute approximate surface area is 140 Å². The van der Waals surface area contributed by atoms with Crippen LogP contribution < -0.4 is 10.1 Å². The van der Waals surface area contributed by atoms with E-state index < -0.39 is 21.6 Å². The topological polar surface area (TPSA) is 72.5 Å². The minimum atomic E-state index is -3.52. The number of amides is 1. The first-order chi connectivity index (χ1) is 11.2. The largest absolute Gasteiger partial charge is 0.496 e. The molecule has 0 radical (unpaired) electrons. The smallest absolute Gasteiger partial charge is 0.254 e. The maximum Gasteiger partial charge on any atom is 0.254 e. The van der Waals surface area contributed by atoms with Gasteiger partial charge in [-0.15, -0.1) is 0 Å². The molecule has 0 aliphatic carbocycles. The first-order valence-corrected chi connectivity index (χ1v) is 9.03.